The van der Waals surface area contributed by atoms with Crippen molar-refractivity contribution in [2.24, 2.45) is 0 Å². The molecule has 0 amide bonds. The Morgan fingerprint density at radius 3 is 2.06 bits per heavy atom. The van der Waals surface area contributed by atoms with Crippen LogP contribution in [0, 0.1) is 0 Å². The lowest BCUT2D eigenvalue weighted by atomic mass is 10.00. The maximum Gasteiger partial charge on any atom is 0.0914 e. The van der Waals surface area contributed by atoms with Gasteiger partial charge >= 0.3 is 0 Å². The van der Waals surface area contributed by atoms with Gasteiger partial charge in [0.15, 0.2) is 0 Å². The fourth-order valence-corrected chi connectivity index (χ4v) is 1.74. The molecular formula is C15H25NO2. The molecule has 0 bridgehead atoms. The molecule has 3 nitrogen and oxygen atoms in total. The molecule has 0 aliphatic heterocycles. The summed E-state index contributed by atoms with van der Waals surface area (Å²) in [6.45, 7) is 8.69. The average molecular weight is 251 g/mol. The number of nitrogens with one attached hydrogen (secondary N) is 1. The zero-order valence-electron chi connectivity index (χ0n) is 11.8. The van der Waals surface area contributed by atoms with Crippen LogP contribution in [0.25, 0.3) is 0 Å². The number of aliphatic hydroxyl groups excluding tert-OH is 1. The van der Waals surface area contributed by atoms with Crippen LogP contribution in [0.4, 0.5) is 0 Å². The summed E-state index contributed by atoms with van der Waals surface area (Å²) >= 11 is 0. The van der Waals surface area contributed by atoms with E-state index in [-0.39, 0.29) is 0 Å². The number of rotatable bonds is 6. The zero-order chi connectivity index (χ0) is 13.8. The molecule has 0 heterocycles. The Balaban J connectivity index is 2.49. The van der Waals surface area contributed by atoms with Crippen molar-refractivity contribution in [3.8, 4) is 0 Å². The molecule has 0 aliphatic rings. The summed E-state index contributed by atoms with van der Waals surface area (Å²) in [5.41, 5.74) is 1.43. The van der Waals surface area contributed by atoms with E-state index in [4.69, 9.17) is 0 Å². The summed E-state index contributed by atoms with van der Waals surface area (Å²) in [6.07, 6.45) is -0.534. The largest absolute Gasteiger partial charge is 0.389 e. The first-order chi connectivity index (χ1) is 8.29. The van der Waals surface area contributed by atoms with E-state index < -0.39 is 11.7 Å². The number of benzene rings is 1. The van der Waals surface area contributed by atoms with Crippen molar-refractivity contribution in [3.05, 3.63) is 35.4 Å². The molecule has 0 aromatic heterocycles. The summed E-state index contributed by atoms with van der Waals surface area (Å²) in [5, 5.41) is 22.6. The fraction of sp³-hybridized carbons (Fsp3) is 0.600. The number of aliphatic hydroxyl groups is 2. The van der Waals surface area contributed by atoms with E-state index in [1.807, 2.05) is 12.1 Å². The van der Waals surface area contributed by atoms with Crippen LogP contribution in [-0.4, -0.2) is 28.9 Å². The second kappa shape index (κ2) is 6.32. The van der Waals surface area contributed by atoms with Crippen LogP contribution >= 0.6 is 0 Å². The quantitative estimate of drug-likeness (QED) is 0.726. The molecule has 3 heteroatoms. The van der Waals surface area contributed by atoms with Gasteiger partial charge in [0.1, 0.15) is 0 Å². The summed E-state index contributed by atoms with van der Waals surface area (Å²) in [6, 6.07) is 8.04. The third kappa shape index (κ3) is 5.17. The number of hydrogen-bond acceptors (Lipinski definition) is 3. The Hall–Kier alpha value is -0.900. The summed E-state index contributed by atoms with van der Waals surface area (Å²) in [4.78, 5) is 0. The molecule has 0 aliphatic carbocycles. The van der Waals surface area contributed by atoms with Crippen molar-refractivity contribution in [3.63, 3.8) is 0 Å². The van der Waals surface area contributed by atoms with Crippen LogP contribution in [0.2, 0.25) is 0 Å². The molecule has 1 unspecified atom stereocenters. The SMILES string of the molecule is CC(C)c1ccc(C(O)CNCC(C)(C)O)cc1. The highest BCUT2D eigenvalue weighted by Gasteiger charge is 2.13. The van der Waals surface area contributed by atoms with Crippen molar-refractivity contribution < 1.29 is 10.2 Å². The molecule has 0 saturated heterocycles. The molecule has 18 heavy (non-hydrogen) atoms. The standard InChI is InChI=1S/C15H25NO2/c1-11(2)12-5-7-13(8-6-12)14(17)9-16-10-15(3,4)18/h5-8,11,14,16-18H,9-10H2,1-4H3. The minimum atomic E-state index is -0.749. The van der Waals surface area contributed by atoms with Crippen LogP contribution in [0.5, 0.6) is 0 Å². The van der Waals surface area contributed by atoms with Gasteiger partial charge in [-0.15, -0.1) is 0 Å². The van der Waals surface area contributed by atoms with E-state index in [9.17, 15) is 10.2 Å². The van der Waals surface area contributed by atoms with Crippen molar-refractivity contribution >= 4 is 0 Å². The average Bonchev–Trinajstić information content (AvgIpc) is 2.27. The lowest BCUT2D eigenvalue weighted by Crippen LogP contribution is -2.36. The van der Waals surface area contributed by atoms with Gasteiger partial charge in [-0.25, -0.2) is 0 Å². The molecule has 1 aromatic carbocycles. The summed E-state index contributed by atoms with van der Waals surface area (Å²) in [7, 11) is 0. The molecule has 0 saturated carbocycles. The van der Waals surface area contributed by atoms with Gasteiger partial charge in [0.05, 0.1) is 11.7 Å². The summed E-state index contributed by atoms with van der Waals surface area (Å²) < 4.78 is 0. The Labute approximate surface area is 110 Å². The van der Waals surface area contributed by atoms with Gasteiger partial charge in [-0.1, -0.05) is 38.1 Å². The normalized spacial score (nSPS) is 13.9. The Morgan fingerprint density at radius 2 is 1.61 bits per heavy atom. The first-order valence-electron chi connectivity index (χ1n) is 6.50. The highest BCUT2D eigenvalue weighted by Crippen LogP contribution is 2.18. The van der Waals surface area contributed by atoms with Crippen molar-refractivity contribution in [1.82, 2.24) is 5.32 Å². The predicted octanol–water partition coefficient (Wildman–Crippen LogP) is 2.20. The monoisotopic (exact) mass is 251 g/mol. The van der Waals surface area contributed by atoms with Gasteiger partial charge in [-0.3, -0.25) is 0 Å². The molecule has 1 aromatic rings. The zero-order valence-corrected chi connectivity index (χ0v) is 11.8. The third-order valence-electron chi connectivity index (χ3n) is 2.88. The molecule has 1 atom stereocenters. The van der Waals surface area contributed by atoms with Crippen molar-refractivity contribution in [2.45, 2.75) is 45.3 Å². The van der Waals surface area contributed by atoms with Crippen LogP contribution in [0.3, 0.4) is 0 Å². The van der Waals surface area contributed by atoms with E-state index in [2.05, 4.69) is 31.3 Å². The highest BCUT2D eigenvalue weighted by atomic mass is 16.3. The molecule has 0 radical (unpaired) electrons. The smallest absolute Gasteiger partial charge is 0.0914 e. The van der Waals surface area contributed by atoms with Crippen LogP contribution in [0.15, 0.2) is 24.3 Å². The molecule has 1 rings (SSSR count). The van der Waals surface area contributed by atoms with Gasteiger partial charge < -0.3 is 15.5 Å². The molecule has 0 spiro atoms. The third-order valence-corrected chi connectivity index (χ3v) is 2.88. The second-order valence-corrected chi connectivity index (χ2v) is 5.78. The predicted molar refractivity (Wildman–Crippen MR) is 74.7 cm³/mol. The fourth-order valence-electron chi connectivity index (χ4n) is 1.74. The minimum Gasteiger partial charge on any atom is -0.389 e. The number of hydrogen-bond donors (Lipinski definition) is 3. The van der Waals surface area contributed by atoms with Crippen LogP contribution in [0.1, 0.15) is 50.8 Å². The van der Waals surface area contributed by atoms with E-state index in [0.717, 1.165) is 5.56 Å². The molecule has 102 valence electrons. The van der Waals surface area contributed by atoms with Gasteiger partial charge in [-0.2, -0.15) is 0 Å². The lowest BCUT2D eigenvalue weighted by Gasteiger charge is -2.19. The Bertz CT molecular complexity index is 352. The molecular weight excluding hydrogens is 226 g/mol. The van der Waals surface area contributed by atoms with E-state index >= 15 is 0 Å². The van der Waals surface area contributed by atoms with Crippen molar-refractivity contribution in [2.75, 3.05) is 13.1 Å². The maximum atomic E-state index is 10.0. The van der Waals surface area contributed by atoms with E-state index in [1.165, 1.54) is 5.56 Å². The van der Waals surface area contributed by atoms with Crippen molar-refractivity contribution in [1.29, 1.82) is 0 Å². The van der Waals surface area contributed by atoms with Crippen LogP contribution in [-0.2, 0) is 0 Å². The topological polar surface area (TPSA) is 52.5 Å². The second-order valence-electron chi connectivity index (χ2n) is 5.78. The van der Waals surface area contributed by atoms with E-state index in [0.29, 0.717) is 19.0 Å². The van der Waals surface area contributed by atoms with Gasteiger partial charge in [-0.05, 0) is 30.9 Å². The van der Waals surface area contributed by atoms with Crippen LogP contribution < -0.4 is 5.32 Å². The van der Waals surface area contributed by atoms with Gasteiger partial charge in [0, 0.05) is 13.1 Å². The van der Waals surface area contributed by atoms with Gasteiger partial charge in [0.2, 0.25) is 0 Å². The Kier molecular flexibility index (Phi) is 5.32. The maximum absolute atomic E-state index is 10.0. The lowest BCUT2D eigenvalue weighted by molar-refractivity contribution is 0.0739. The van der Waals surface area contributed by atoms with Gasteiger partial charge in [0.25, 0.3) is 0 Å². The highest BCUT2D eigenvalue weighted by molar-refractivity contribution is 5.26. The molecule has 3 N–H and O–H groups in total. The Morgan fingerprint density at radius 1 is 1.11 bits per heavy atom. The van der Waals surface area contributed by atoms with E-state index in [1.54, 1.807) is 13.8 Å². The first kappa shape index (κ1) is 15.2. The molecule has 0 fully saturated rings. The summed E-state index contributed by atoms with van der Waals surface area (Å²) in [5.74, 6) is 0.504. The minimum absolute atomic E-state index is 0.449. The first-order valence-corrected chi connectivity index (χ1v) is 6.50.